The van der Waals surface area contributed by atoms with Gasteiger partial charge in [0.2, 0.25) is 11.8 Å². The molecule has 3 aromatic rings. The lowest BCUT2D eigenvalue weighted by atomic mass is 10.1. The van der Waals surface area contributed by atoms with Gasteiger partial charge in [-0.3, -0.25) is 9.59 Å². The lowest BCUT2D eigenvalue weighted by Crippen LogP contribution is -2.25. The van der Waals surface area contributed by atoms with Gasteiger partial charge in [-0.1, -0.05) is 42.0 Å². The minimum absolute atomic E-state index is 0.0188. The summed E-state index contributed by atoms with van der Waals surface area (Å²) in [6.45, 7) is 2.62. The van der Waals surface area contributed by atoms with Gasteiger partial charge in [0.1, 0.15) is 0 Å². The minimum atomic E-state index is -0.0825. The van der Waals surface area contributed by atoms with Crippen molar-refractivity contribution in [2.75, 3.05) is 6.54 Å². The second-order valence-corrected chi connectivity index (χ2v) is 6.45. The zero-order valence-electron chi connectivity index (χ0n) is 14.9. The van der Waals surface area contributed by atoms with Crippen molar-refractivity contribution in [3.8, 4) is 0 Å². The molecule has 0 saturated heterocycles. The molecule has 0 atom stereocenters. The van der Waals surface area contributed by atoms with E-state index in [0.717, 1.165) is 22.9 Å². The van der Waals surface area contributed by atoms with Gasteiger partial charge < -0.3 is 5.32 Å². The van der Waals surface area contributed by atoms with Gasteiger partial charge in [-0.2, -0.15) is 5.10 Å². The average Bonchev–Trinajstić information content (AvgIpc) is 3.05. The summed E-state index contributed by atoms with van der Waals surface area (Å²) in [4.78, 5) is 24.3. The van der Waals surface area contributed by atoms with Crippen LogP contribution in [0.4, 0.5) is 0 Å². The fraction of sp³-hybridized carbons (Fsp3) is 0.286. The molecule has 5 heteroatoms. The quantitative estimate of drug-likeness (QED) is 0.710. The summed E-state index contributed by atoms with van der Waals surface area (Å²) < 4.78 is 1.43. The summed E-state index contributed by atoms with van der Waals surface area (Å²) in [6.07, 6.45) is 3.68. The predicted octanol–water partition coefficient (Wildman–Crippen LogP) is 3.51. The number of rotatable bonds is 7. The van der Waals surface area contributed by atoms with E-state index in [1.165, 1.54) is 10.2 Å². The first-order valence-electron chi connectivity index (χ1n) is 8.92. The van der Waals surface area contributed by atoms with Gasteiger partial charge in [-0.25, -0.2) is 4.68 Å². The highest BCUT2D eigenvalue weighted by atomic mass is 16.2. The smallest absolute Gasteiger partial charge is 0.247 e. The van der Waals surface area contributed by atoms with Crippen LogP contribution in [0.15, 0.2) is 54.7 Å². The van der Waals surface area contributed by atoms with Gasteiger partial charge in [0.25, 0.3) is 0 Å². The number of hydrogen-bond donors (Lipinski definition) is 1. The predicted molar refractivity (Wildman–Crippen MR) is 102 cm³/mol. The number of aromatic nitrogens is 2. The maximum Gasteiger partial charge on any atom is 0.247 e. The van der Waals surface area contributed by atoms with Crippen LogP contribution in [0.1, 0.15) is 35.2 Å². The molecule has 0 aliphatic heterocycles. The van der Waals surface area contributed by atoms with Crippen molar-refractivity contribution in [3.05, 3.63) is 65.9 Å². The molecular weight excluding hydrogens is 326 g/mol. The van der Waals surface area contributed by atoms with Crippen molar-refractivity contribution in [1.82, 2.24) is 15.1 Å². The fourth-order valence-electron chi connectivity index (χ4n) is 2.94. The number of fused-ring (bicyclic) bond motifs is 1. The van der Waals surface area contributed by atoms with E-state index >= 15 is 0 Å². The molecule has 0 aliphatic rings. The van der Waals surface area contributed by atoms with E-state index in [2.05, 4.69) is 10.4 Å². The third-order valence-corrected chi connectivity index (χ3v) is 4.33. The van der Waals surface area contributed by atoms with E-state index in [1.54, 1.807) is 6.20 Å². The number of hydrogen-bond acceptors (Lipinski definition) is 3. The van der Waals surface area contributed by atoms with Crippen LogP contribution in [-0.2, 0) is 11.2 Å². The molecule has 134 valence electrons. The summed E-state index contributed by atoms with van der Waals surface area (Å²) in [5.74, 6) is -0.101. The largest absolute Gasteiger partial charge is 0.356 e. The summed E-state index contributed by atoms with van der Waals surface area (Å²) >= 11 is 0. The minimum Gasteiger partial charge on any atom is -0.356 e. The third kappa shape index (κ3) is 4.57. The molecule has 1 aromatic heterocycles. The Hall–Kier alpha value is -2.95. The summed E-state index contributed by atoms with van der Waals surface area (Å²) in [7, 11) is 0. The normalized spacial score (nSPS) is 10.8. The van der Waals surface area contributed by atoms with Gasteiger partial charge >= 0.3 is 0 Å². The Bertz CT molecular complexity index is 900. The molecule has 1 heterocycles. The summed E-state index contributed by atoms with van der Waals surface area (Å²) in [6, 6.07) is 15.9. The third-order valence-electron chi connectivity index (χ3n) is 4.33. The molecule has 2 aromatic carbocycles. The number of carbonyl (C=O) groups is 2. The molecular formula is C21H23N3O2. The van der Waals surface area contributed by atoms with Crippen LogP contribution >= 0.6 is 0 Å². The summed E-state index contributed by atoms with van der Waals surface area (Å²) in [5, 5.41) is 8.04. The van der Waals surface area contributed by atoms with Crippen LogP contribution < -0.4 is 5.32 Å². The molecule has 0 radical (unpaired) electrons. The van der Waals surface area contributed by atoms with Crippen molar-refractivity contribution >= 4 is 22.7 Å². The number of nitrogens with one attached hydrogen (secondary N) is 1. The Labute approximate surface area is 153 Å². The van der Waals surface area contributed by atoms with E-state index in [4.69, 9.17) is 0 Å². The Morgan fingerprint density at radius 1 is 1.08 bits per heavy atom. The topological polar surface area (TPSA) is 64.0 Å². The Morgan fingerprint density at radius 3 is 2.69 bits per heavy atom. The van der Waals surface area contributed by atoms with Crippen LogP contribution in [0.25, 0.3) is 10.9 Å². The molecule has 0 bridgehead atoms. The number of carbonyl (C=O) groups excluding carboxylic acids is 2. The second-order valence-electron chi connectivity index (χ2n) is 6.45. The van der Waals surface area contributed by atoms with Gasteiger partial charge in [0, 0.05) is 24.8 Å². The molecule has 0 fully saturated rings. The zero-order chi connectivity index (χ0) is 18.4. The maximum atomic E-state index is 12.4. The number of nitrogens with zero attached hydrogens (tertiary/aromatic N) is 2. The highest BCUT2D eigenvalue weighted by Crippen LogP contribution is 2.16. The molecule has 3 rings (SSSR count). The van der Waals surface area contributed by atoms with Crippen LogP contribution in [-0.4, -0.2) is 28.1 Å². The monoisotopic (exact) mass is 349 g/mol. The Kier molecular flexibility index (Phi) is 5.79. The molecule has 0 spiro atoms. The van der Waals surface area contributed by atoms with Crippen molar-refractivity contribution in [2.45, 2.75) is 32.6 Å². The first-order valence-corrected chi connectivity index (χ1v) is 8.92. The van der Waals surface area contributed by atoms with Crippen LogP contribution in [0.3, 0.4) is 0 Å². The molecule has 0 unspecified atom stereocenters. The van der Waals surface area contributed by atoms with Crippen LogP contribution in [0.5, 0.6) is 0 Å². The lowest BCUT2D eigenvalue weighted by molar-refractivity contribution is -0.121. The second kappa shape index (κ2) is 8.43. The molecule has 1 N–H and O–H groups in total. The molecule has 26 heavy (non-hydrogen) atoms. The van der Waals surface area contributed by atoms with Gasteiger partial charge in [0.15, 0.2) is 0 Å². The Balaban J connectivity index is 1.42. The standard InChI is InChI=1S/C21H23N3O2/c1-16-10-11-19-18(14-16)15-23-24(19)21(26)9-5-8-20(25)22-13-12-17-6-3-2-4-7-17/h2-4,6-7,10-11,14-15H,5,8-9,12-13H2,1H3,(H,22,25). The highest BCUT2D eigenvalue weighted by Gasteiger charge is 2.11. The fourth-order valence-corrected chi connectivity index (χ4v) is 2.94. The van der Waals surface area contributed by atoms with Crippen LogP contribution in [0.2, 0.25) is 0 Å². The molecule has 0 saturated carbocycles. The molecule has 1 amide bonds. The van der Waals surface area contributed by atoms with Gasteiger partial charge in [-0.05, 0) is 37.5 Å². The van der Waals surface area contributed by atoms with Gasteiger partial charge in [-0.15, -0.1) is 0 Å². The van der Waals surface area contributed by atoms with E-state index in [0.29, 0.717) is 25.8 Å². The molecule has 0 aliphatic carbocycles. The number of benzene rings is 2. The van der Waals surface area contributed by atoms with Crippen molar-refractivity contribution in [1.29, 1.82) is 0 Å². The SMILES string of the molecule is Cc1ccc2c(cnn2C(=O)CCCC(=O)NCCc2ccccc2)c1. The Morgan fingerprint density at radius 2 is 1.88 bits per heavy atom. The van der Waals surface area contributed by atoms with E-state index in [9.17, 15) is 9.59 Å². The van der Waals surface area contributed by atoms with Crippen molar-refractivity contribution < 1.29 is 9.59 Å². The highest BCUT2D eigenvalue weighted by molar-refractivity contribution is 5.91. The zero-order valence-corrected chi connectivity index (χ0v) is 14.9. The summed E-state index contributed by atoms with van der Waals surface area (Å²) in [5.41, 5.74) is 3.15. The number of aryl methyl sites for hydroxylation is 1. The number of amides is 1. The van der Waals surface area contributed by atoms with Gasteiger partial charge in [0.05, 0.1) is 11.7 Å². The first kappa shape index (κ1) is 17.9. The van der Waals surface area contributed by atoms with Crippen molar-refractivity contribution in [3.63, 3.8) is 0 Å². The van der Waals surface area contributed by atoms with E-state index < -0.39 is 0 Å². The molecule has 5 nitrogen and oxygen atoms in total. The van der Waals surface area contributed by atoms with Crippen molar-refractivity contribution in [2.24, 2.45) is 0 Å². The average molecular weight is 349 g/mol. The van der Waals surface area contributed by atoms with E-state index in [1.807, 2.05) is 55.5 Å². The van der Waals surface area contributed by atoms with Crippen LogP contribution in [0, 0.1) is 6.92 Å². The lowest BCUT2D eigenvalue weighted by Gasteiger charge is -2.06. The maximum absolute atomic E-state index is 12.4. The first-order chi connectivity index (χ1) is 12.6. The van der Waals surface area contributed by atoms with E-state index in [-0.39, 0.29) is 11.8 Å².